The minimum atomic E-state index is -0.768. The van der Waals surface area contributed by atoms with Crippen molar-refractivity contribution in [3.63, 3.8) is 0 Å². The van der Waals surface area contributed by atoms with E-state index >= 15 is 0 Å². The van der Waals surface area contributed by atoms with Crippen LogP contribution in [0.25, 0.3) is 0 Å². The van der Waals surface area contributed by atoms with Crippen molar-refractivity contribution in [2.24, 2.45) is 17.8 Å². The number of likely N-dealkylation sites (tertiary alicyclic amines) is 2. The molecule has 0 amide bonds. The highest BCUT2D eigenvalue weighted by Gasteiger charge is 2.41. The summed E-state index contributed by atoms with van der Waals surface area (Å²) in [4.78, 5) is 16.7. The lowest BCUT2D eigenvalue weighted by atomic mass is 9.86. The van der Waals surface area contributed by atoms with Gasteiger partial charge >= 0.3 is 5.97 Å². The van der Waals surface area contributed by atoms with Gasteiger partial charge in [-0.3, -0.25) is 9.69 Å². The molecule has 0 spiro atoms. The molecule has 0 unspecified atom stereocenters. The van der Waals surface area contributed by atoms with Crippen LogP contribution < -0.4 is 0 Å². The quantitative estimate of drug-likeness (QED) is 0.458. The smallest absolute Gasteiger partial charge is 0.321 e. The second-order valence-corrected chi connectivity index (χ2v) is 11.3. The third kappa shape index (κ3) is 7.18. The molecule has 1 N–H and O–H groups in total. The fourth-order valence-corrected chi connectivity index (χ4v) is 6.42. The molecule has 0 aromatic heterocycles. The van der Waals surface area contributed by atoms with E-state index in [1.54, 1.807) is 12.1 Å². The molecule has 37 heavy (non-hydrogen) atoms. The molecule has 2 aromatic carbocycles. The first kappa shape index (κ1) is 27.3. The van der Waals surface area contributed by atoms with E-state index in [0.717, 1.165) is 44.1 Å². The Kier molecular flexibility index (Phi) is 9.34. The number of aliphatic carboxylic acids is 1. The highest BCUT2D eigenvalue weighted by atomic mass is 19.1. The maximum absolute atomic E-state index is 14.1. The molecule has 2 heterocycles. The van der Waals surface area contributed by atoms with Crippen LogP contribution >= 0.6 is 0 Å². The highest BCUT2D eigenvalue weighted by molar-refractivity contribution is 5.73. The van der Waals surface area contributed by atoms with Gasteiger partial charge in [-0.05, 0) is 91.9 Å². The minimum Gasteiger partial charge on any atom is -0.480 e. The van der Waals surface area contributed by atoms with Crippen molar-refractivity contribution in [3.05, 3.63) is 71.0 Å². The molecule has 0 radical (unpaired) electrons. The number of aryl methyl sites for hydroxylation is 1. The Morgan fingerprint density at radius 1 is 1.14 bits per heavy atom. The number of halogens is 1. The minimum absolute atomic E-state index is 0.0180. The molecule has 2 fully saturated rings. The molecule has 2 aromatic rings. The van der Waals surface area contributed by atoms with E-state index in [9.17, 15) is 14.3 Å². The van der Waals surface area contributed by atoms with E-state index in [1.165, 1.54) is 37.3 Å². The fourth-order valence-electron chi connectivity index (χ4n) is 6.42. The van der Waals surface area contributed by atoms with E-state index in [-0.39, 0.29) is 23.6 Å². The van der Waals surface area contributed by atoms with Crippen LogP contribution in [0.1, 0.15) is 62.1 Å². The van der Waals surface area contributed by atoms with Crippen molar-refractivity contribution >= 4 is 5.97 Å². The number of piperidine rings is 1. The molecule has 6 heteroatoms. The monoisotopic (exact) mass is 505 g/mol. The Morgan fingerprint density at radius 2 is 1.86 bits per heavy atom. The first-order chi connectivity index (χ1) is 17.8. The number of hydrogen-bond acceptors (Lipinski definition) is 4. The van der Waals surface area contributed by atoms with Gasteiger partial charge in [0.2, 0.25) is 0 Å². The highest BCUT2D eigenvalue weighted by Crippen LogP contribution is 2.36. The van der Waals surface area contributed by atoms with Gasteiger partial charge < -0.3 is 10.0 Å². The maximum Gasteiger partial charge on any atom is 0.321 e. The fraction of sp³-hybridized carbons (Fsp3) is 0.548. The van der Waals surface area contributed by atoms with Crippen LogP contribution in [0.15, 0.2) is 48.5 Å². The molecule has 0 saturated carbocycles. The Hall–Kier alpha value is -2.75. The normalized spacial score (nSPS) is 22.2. The van der Waals surface area contributed by atoms with E-state index in [4.69, 9.17) is 5.26 Å². The summed E-state index contributed by atoms with van der Waals surface area (Å²) >= 11 is 0. The van der Waals surface area contributed by atoms with E-state index in [0.29, 0.717) is 12.1 Å². The van der Waals surface area contributed by atoms with Crippen LogP contribution in [0, 0.1) is 34.9 Å². The topological polar surface area (TPSA) is 67.6 Å². The number of hydrogen-bond donors (Lipinski definition) is 1. The van der Waals surface area contributed by atoms with Gasteiger partial charge in [0.25, 0.3) is 0 Å². The average Bonchev–Trinajstić information content (AvgIpc) is 3.28. The summed E-state index contributed by atoms with van der Waals surface area (Å²) in [7, 11) is 0. The Bertz CT molecular complexity index is 1070. The van der Waals surface area contributed by atoms with Crippen molar-refractivity contribution in [2.45, 2.75) is 57.9 Å². The lowest BCUT2D eigenvalue weighted by molar-refractivity contribution is -0.144. The summed E-state index contributed by atoms with van der Waals surface area (Å²) in [5.74, 6) is 0.192. The summed E-state index contributed by atoms with van der Waals surface area (Å²) < 4.78 is 14.1. The first-order valence-electron chi connectivity index (χ1n) is 13.8. The molecule has 5 nitrogen and oxygen atoms in total. The second kappa shape index (κ2) is 12.7. The maximum atomic E-state index is 14.1. The van der Waals surface area contributed by atoms with Gasteiger partial charge in [-0.1, -0.05) is 44.5 Å². The van der Waals surface area contributed by atoms with Crippen LogP contribution in [-0.4, -0.2) is 59.6 Å². The summed E-state index contributed by atoms with van der Waals surface area (Å²) in [6.45, 7) is 8.40. The molecule has 0 aliphatic carbocycles. The second-order valence-electron chi connectivity index (χ2n) is 11.3. The van der Waals surface area contributed by atoms with Crippen molar-refractivity contribution in [1.29, 1.82) is 5.26 Å². The lowest BCUT2D eigenvalue weighted by Gasteiger charge is -2.35. The van der Waals surface area contributed by atoms with Crippen molar-refractivity contribution in [2.75, 3.05) is 32.7 Å². The first-order valence-corrected chi connectivity index (χ1v) is 13.8. The lowest BCUT2D eigenvalue weighted by Crippen LogP contribution is -2.44. The average molecular weight is 506 g/mol. The standard InChI is InChI=1S/C31H40FN3O2/c1-22(2)30(31(36)37)35-20-27(29(21-35)26-7-4-8-28(32)17-26)19-34-15-13-24(14-16-34)6-3-5-23-9-11-25(18-33)12-10-23/h4,7-12,17,22,24,27,29-30H,3,5-6,13-16,19-21H2,1-2H3,(H,36,37)/t27-,29+,30+/m0/s1. The van der Waals surface area contributed by atoms with Crippen LogP contribution in [-0.2, 0) is 11.2 Å². The molecule has 2 aliphatic rings. The molecule has 2 saturated heterocycles. The Labute approximate surface area is 220 Å². The predicted octanol–water partition coefficient (Wildman–Crippen LogP) is 5.56. The summed E-state index contributed by atoms with van der Waals surface area (Å²) in [6.07, 6.45) is 5.84. The summed E-state index contributed by atoms with van der Waals surface area (Å²) in [5, 5.41) is 18.8. The number of benzene rings is 2. The van der Waals surface area contributed by atoms with Gasteiger partial charge in [-0.15, -0.1) is 0 Å². The Balaban J connectivity index is 1.31. The molecule has 3 atom stereocenters. The van der Waals surface area contributed by atoms with Gasteiger partial charge in [0.15, 0.2) is 0 Å². The van der Waals surface area contributed by atoms with E-state index < -0.39 is 12.0 Å². The number of carboxylic acids is 1. The van der Waals surface area contributed by atoms with Crippen molar-refractivity contribution in [1.82, 2.24) is 9.80 Å². The third-order valence-electron chi connectivity index (χ3n) is 8.38. The zero-order valence-electron chi connectivity index (χ0n) is 22.2. The molecule has 0 bridgehead atoms. The summed E-state index contributed by atoms with van der Waals surface area (Å²) in [6, 6.07) is 16.5. The number of rotatable bonds is 10. The number of nitriles is 1. The molecule has 2 aliphatic heterocycles. The number of carbonyl (C=O) groups is 1. The molecular weight excluding hydrogens is 465 g/mol. The molecule has 198 valence electrons. The van der Waals surface area contributed by atoms with E-state index in [1.807, 2.05) is 32.0 Å². The van der Waals surface area contributed by atoms with E-state index in [2.05, 4.69) is 28.0 Å². The van der Waals surface area contributed by atoms with Gasteiger partial charge in [-0.2, -0.15) is 5.26 Å². The van der Waals surface area contributed by atoms with Gasteiger partial charge in [0, 0.05) is 25.6 Å². The largest absolute Gasteiger partial charge is 0.480 e. The number of carboxylic acid groups (broad SMARTS) is 1. The SMILES string of the molecule is CC(C)[C@H](C(=O)O)N1C[C@H](CN2CCC(CCCc3ccc(C#N)cc3)CC2)[C@@H](c2cccc(F)c2)C1. The van der Waals surface area contributed by atoms with Crippen molar-refractivity contribution < 1.29 is 14.3 Å². The predicted molar refractivity (Wildman–Crippen MR) is 144 cm³/mol. The number of nitrogens with zero attached hydrogens (tertiary/aromatic N) is 3. The van der Waals surface area contributed by atoms with Gasteiger partial charge in [-0.25, -0.2) is 4.39 Å². The van der Waals surface area contributed by atoms with Crippen LogP contribution in [0.2, 0.25) is 0 Å². The van der Waals surface area contributed by atoms with Crippen LogP contribution in [0.3, 0.4) is 0 Å². The van der Waals surface area contributed by atoms with Crippen LogP contribution in [0.4, 0.5) is 4.39 Å². The third-order valence-corrected chi connectivity index (χ3v) is 8.38. The zero-order valence-corrected chi connectivity index (χ0v) is 22.2. The molecular formula is C31H40FN3O2. The Morgan fingerprint density at radius 3 is 2.49 bits per heavy atom. The van der Waals surface area contributed by atoms with Gasteiger partial charge in [0.1, 0.15) is 11.9 Å². The van der Waals surface area contributed by atoms with Gasteiger partial charge in [0.05, 0.1) is 11.6 Å². The van der Waals surface area contributed by atoms with Crippen LogP contribution in [0.5, 0.6) is 0 Å². The zero-order chi connectivity index (χ0) is 26.4. The molecule has 4 rings (SSSR count). The summed E-state index contributed by atoms with van der Waals surface area (Å²) in [5.41, 5.74) is 2.99. The van der Waals surface area contributed by atoms with Crippen molar-refractivity contribution in [3.8, 4) is 6.07 Å².